The molecule has 0 saturated heterocycles. The first kappa shape index (κ1) is 19.7. The van der Waals surface area contributed by atoms with Crippen molar-refractivity contribution in [2.24, 2.45) is 4.99 Å². The van der Waals surface area contributed by atoms with Crippen LogP contribution in [0.1, 0.15) is 30.9 Å². The van der Waals surface area contributed by atoms with Gasteiger partial charge in [0.15, 0.2) is 5.96 Å². The fourth-order valence-electron chi connectivity index (χ4n) is 2.51. The van der Waals surface area contributed by atoms with Crippen molar-refractivity contribution in [2.75, 3.05) is 13.1 Å². The summed E-state index contributed by atoms with van der Waals surface area (Å²) in [6.45, 7) is 6.40. The van der Waals surface area contributed by atoms with E-state index in [1.165, 1.54) is 6.07 Å². The van der Waals surface area contributed by atoms with Gasteiger partial charge in [0.1, 0.15) is 5.82 Å². The molecule has 2 aromatic rings. The van der Waals surface area contributed by atoms with Crippen molar-refractivity contribution in [3.05, 3.63) is 69.9 Å². The van der Waals surface area contributed by atoms with Crippen LogP contribution in [-0.2, 0) is 13.1 Å². The Labute approximate surface area is 154 Å². The maximum absolute atomic E-state index is 13.6. The minimum atomic E-state index is -0.202. The van der Waals surface area contributed by atoms with Gasteiger partial charge in [-0.25, -0.2) is 9.38 Å². The number of unbranched alkanes of at least 4 members (excludes halogenated alkanes) is 1. The molecule has 6 heteroatoms. The molecule has 0 aliphatic carbocycles. The van der Waals surface area contributed by atoms with Crippen LogP contribution in [0.4, 0.5) is 4.39 Å². The molecule has 140 valence electrons. The lowest BCUT2D eigenvalue weighted by Gasteiger charge is -2.11. The molecule has 2 rings (SSSR count). The van der Waals surface area contributed by atoms with Crippen molar-refractivity contribution in [3.8, 4) is 0 Å². The summed E-state index contributed by atoms with van der Waals surface area (Å²) in [5.74, 6) is 0.511. The summed E-state index contributed by atoms with van der Waals surface area (Å²) >= 11 is 0. The predicted octanol–water partition coefficient (Wildman–Crippen LogP) is 2.83. The highest BCUT2D eigenvalue weighted by Gasteiger charge is 2.01. The van der Waals surface area contributed by atoms with E-state index in [2.05, 4.69) is 15.6 Å². The molecule has 0 saturated carbocycles. The number of hydrogen-bond acceptors (Lipinski definition) is 2. The maximum atomic E-state index is 13.6. The molecule has 5 nitrogen and oxygen atoms in total. The molecule has 1 aromatic heterocycles. The van der Waals surface area contributed by atoms with Crippen LogP contribution in [0, 0.1) is 12.7 Å². The summed E-state index contributed by atoms with van der Waals surface area (Å²) in [6.07, 6.45) is 3.63. The summed E-state index contributed by atoms with van der Waals surface area (Å²) in [5.41, 5.74) is 1.51. The molecule has 1 heterocycles. The summed E-state index contributed by atoms with van der Waals surface area (Å²) in [7, 11) is 0. The van der Waals surface area contributed by atoms with Crippen LogP contribution in [0.15, 0.2) is 52.4 Å². The van der Waals surface area contributed by atoms with Gasteiger partial charge in [-0.3, -0.25) is 4.79 Å². The molecule has 0 aliphatic rings. The van der Waals surface area contributed by atoms with Crippen LogP contribution in [0.2, 0.25) is 0 Å². The number of nitrogens with zero attached hydrogens (tertiary/aromatic N) is 2. The third-order valence-electron chi connectivity index (χ3n) is 4.02. The Kier molecular flexibility index (Phi) is 7.86. The monoisotopic (exact) mass is 358 g/mol. The Balaban J connectivity index is 1.79. The quantitative estimate of drug-likeness (QED) is 0.433. The average molecular weight is 358 g/mol. The van der Waals surface area contributed by atoms with Crippen molar-refractivity contribution in [1.29, 1.82) is 0 Å². The van der Waals surface area contributed by atoms with Gasteiger partial charge in [0.05, 0.1) is 6.54 Å². The molecule has 0 bridgehead atoms. The van der Waals surface area contributed by atoms with Gasteiger partial charge >= 0.3 is 0 Å². The zero-order valence-corrected chi connectivity index (χ0v) is 15.5. The smallest absolute Gasteiger partial charge is 0.250 e. The van der Waals surface area contributed by atoms with Gasteiger partial charge in [-0.2, -0.15) is 0 Å². The molecule has 1 aromatic carbocycles. The second kappa shape index (κ2) is 10.4. The first-order chi connectivity index (χ1) is 12.6. The van der Waals surface area contributed by atoms with Crippen molar-refractivity contribution in [2.45, 2.75) is 39.8 Å². The largest absolute Gasteiger partial charge is 0.357 e. The number of pyridine rings is 1. The third kappa shape index (κ3) is 6.35. The van der Waals surface area contributed by atoms with E-state index in [1.54, 1.807) is 29.7 Å². The van der Waals surface area contributed by atoms with Crippen molar-refractivity contribution in [3.63, 3.8) is 0 Å². The molecule has 0 spiro atoms. The van der Waals surface area contributed by atoms with E-state index in [1.807, 2.05) is 25.3 Å². The Bertz CT molecular complexity index is 785. The SMILES string of the molecule is CCNC(=NCc1ccc(C)c(F)c1)NCCCCn1ccccc1=O. The predicted molar refractivity (Wildman–Crippen MR) is 104 cm³/mol. The number of aromatic nitrogens is 1. The van der Waals surface area contributed by atoms with Crippen LogP contribution in [0.5, 0.6) is 0 Å². The van der Waals surface area contributed by atoms with E-state index < -0.39 is 0 Å². The van der Waals surface area contributed by atoms with E-state index in [0.29, 0.717) is 24.6 Å². The summed E-state index contributed by atoms with van der Waals surface area (Å²) in [6, 6.07) is 10.4. The Morgan fingerprint density at radius 1 is 1.19 bits per heavy atom. The van der Waals surface area contributed by atoms with Crippen molar-refractivity contribution >= 4 is 5.96 Å². The van der Waals surface area contributed by atoms with Gasteiger partial charge in [-0.05, 0) is 49.9 Å². The number of aryl methyl sites for hydroxylation is 2. The lowest BCUT2D eigenvalue weighted by Crippen LogP contribution is -2.37. The zero-order chi connectivity index (χ0) is 18.8. The summed E-state index contributed by atoms with van der Waals surface area (Å²) in [5, 5.41) is 6.46. The maximum Gasteiger partial charge on any atom is 0.250 e. The van der Waals surface area contributed by atoms with Crippen LogP contribution >= 0.6 is 0 Å². The molecule has 2 N–H and O–H groups in total. The van der Waals surface area contributed by atoms with E-state index >= 15 is 0 Å². The number of benzene rings is 1. The number of halogens is 1. The van der Waals surface area contributed by atoms with Crippen LogP contribution in [-0.4, -0.2) is 23.6 Å². The van der Waals surface area contributed by atoms with Gasteiger partial charge in [-0.15, -0.1) is 0 Å². The molecular formula is C20H27FN4O. The Morgan fingerprint density at radius 2 is 2.04 bits per heavy atom. The van der Waals surface area contributed by atoms with Crippen LogP contribution in [0.25, 0.3) is 0 Å². The highest BCUT2D eigenvalue weighted by molar-refractivity contribution is 5.79. The van der Waals surface area contributed by atoms with Crippen molar-refractivity contribution < 1.29 is 4.39 Å². The van der Waals surface area contributed by atoms with Gasteiger partial charge in [0.2, 0.25) is 5.56 Å². The van der Waals surface area contributed by atoms with Crippen molar-refractivity contribution in [1.82, 2.24) is 15.2 Å². The van der Waals surface area contributed by atoms with Gasteiger partial charge < -0.3 is 15.2 Å². The molecule has 0 fully saturated rings. The lowest BCUT2D eigenvalue weighted by molar-refractivity contribution is 0.585. The normalized spacial score (nSPS) is 11.4. The fourth-order valence-corrected chi connectivity index (χ4v) is 2.51. The molecule has 26 heavy (non-hydrogen) atoms. The van der Waals surface area contributed by atoms with E-state index in [-0.39, 0.29) is 11.4 Å². The number of hydrogen-bond donors (Lipinski definition) is 2. The van der Waals surface area contributed by atoms with Crippen LogP contribution < -0.4 is 16.2 Å². The standard InChI is InChI=1S/C20H27FN4O/c1-3-22-20(24-15-17-10-9-16(2)18(21)14-17)23-11-5-7-13-25-12-6-4-8-19(25)26/h4,6,8-10,12,14H,3,5,7,11,13,15H2,1-2H3,(H2,22,23,24). The number of rotatable bonds is 8. The lowest BCUT2D eigenvalue weighted by atomic mass is 10.1. The minimum Gasteiger partial charge on any atom is -0.357 e. The highest BCUT2D eigenvalue weighted by Crippen LogP contribution is 2.09. The molecule has 0 atom stereocenters. The van der Waals surface area contributed by atoms with E-state index in [4.69, 9.17) is 0 Å². The second-order valence-corrected chi connectivity index (χ2v) is 6.14. The van der Waals surface area contributed by atoms with Crippen LogP contribution in [0.3, 0.4) is 0 Å². The van der Waals surface area contributed by atoms with Gasteiger partial charge in [-0.1, -0.05) is 18.2 Å². The van der Waals surface area contributed by atoms with Gasteiger partial charge in [0.25, 0.3) is 0 Å². The molecule has 0 radical (unpaired) electrons. The Hall–Kier alpha value is -2.63. The highest BCUT2D eigenvalue weighted by atomic mass is 19.1. The third-order valence-corrected chi connectivity index (χ3v) is 4.02. The summed E-state index contributed by atoms with van der Waals surface area (Å²) in [4.78, 5) is 16.1. The minimum absolute atomic E-state index is 0.0284. The van der Waals surface area contributed by atoms with E-state index in [0.717, 1.165) is 31.5 Å². The fraction of sp³-hybridized carbons (Fsp3) is 0.400. The Morgan fingerprint density at radius 3 is 2.77 bits per heavy atom. The molecular weight excluding hydrogens is 331 g/mol. The molecule has 0 unspecified atom stereocenters. The van der Waals surface area contributed by atoms with E-state index in [9.17, 15) is 9.18 Å². The number of aliphatic imine (C=N–C) groups is 1. The molecule has 0 amide bonds. The number of nitrogens with one attached hydrogen (secondary N) is 2. The van der Waals surface area contributed by atoms with Gasteiger partial charge in [0, 0.05) is 31.9 Å². The first-order valence-electron chi connectivity index (χ1n) is 9.03. The molecule has 0 aliphatic heterocycles. The zero-order valence-electron chi connectivity index (χ0n) is 15.5. The summed E-state index contributed by atoms with van der Waals surface area (Å²) < 4.78 is 15.3. The average Bonchev–Trinajstić information content (AvgIpc) is 2.63. The number of guanidine groups is 1. The second-order valence-electron chi connectivity index (χ2n) is 6.14. The first-order valence-corrected chi connectivity index (χ1v) is 9.03. The topological polar surface area (TPSA) is 58.4 Å².